The van der Waals surface area contributed by atoms with Crippen LogP contribution in [0.5, 0.6) is 0 Å². The molecule has 18 heavy (non-hydrogen) atoms. The highest BCUT2D eigenvalue weighted by molar-refractivity contribution is 7.80. The van der Waals surface area contributed by atoms with Gasteiger partial charge in [0.05, 0.1) is 0 Å². The Morgan fingerprint density at radius 3 is 2.61 bits per heavy atom. The Labute approximate surface area is 112 Å². The van der Waals surface area contributed by atoms with E-state index in [1.54, 1.807) is 0 Å². The molecule has 0 aliphatic rings. The number of benzene rings is 1. The minimum atomic E-state index is -0.290. The maximum absolute atomic E-state index is 11.1. The molecule has 98 valence electrons. The SMILES string of the molecule is COCC(=O)NNC(=S)Nc1ccc(C)c(C)c1. The Bertz CT molecular complexity index is 449. The van der Waals surface area contributed by atoms with Crippen molar-refractivity contribution in [1.29, 1.82) is 0 Å². The Hall–Kier alpha value is -1.66. The number of carbonyl (C=O) groups is 1. The van der Waals surface area contributed by atoms with Crippen LogP contribution in [-0.2, 0) is 9.53 Å². The van der Waals surface area contributed by atoms with Crippen LogP contribution in [-0.4, -0.2) is 24.7 Å². The van der Waals surface area contributed by atoms with Crippen LogP contribution in [0.15, 0.2) is 18.2 Å². The molecule has 0 fully saturated rings. The molecule has 0 saturated heterocycles. The second-order valence-corrected chi connectivity index (χ2v) is 4.27. The third-order valence-electron chi connectivity index (χ3n) is 2.36. The van der Waals surface area contributed by atoms with Crippen molar-refractivity contribution >= 4 is 28.9 Å². The van der Waals surface area contributed by atoms with E-state index in [0.717, 1.165) is 5.69 Å². The maximum Gasteiger partial charge on any atom is 0.264 e. The van der Waals surface area contributed by atoms with Gasteiger partial charge in [-0.15, -0.1) is 0 Å². The quantitative estimate of drug-likeness (QED) is 0.568. The molecule has 1 aromatic rings. The van der Waals surface area contributed by atoms with Gasteiger partial charge in [0.15, 0.2) is 5.11 Å². The summed E-state index contributed by atoms with van der Waals surface area (Å²) in [4.78, 5) is 11.1. The number of carbonyl (C=O) groups excluding carboxylic acids is 1. The van der Waals surface area contributed by atoms with Gasteiger partial charge in [-0.3, -0.25) is 15.6 Å². The van der Waals surface area contributed by atoms with Gasteiger partial charge in [-0.25, -0.2) is 0 Å². The molecule has 6 heteroatoms. The van der Waals surface area contributed by atoms with Crippen LogP contribution in [0.25, 0.3) is 0 Å². The number of hydrogen-bond donors (Lipinski definition) is 3. The fourth-order valence-corrected chi connectivity index (χ4v) is 1.44. The molecule has 0 unspecified atom stereocenters. The predicted octanol–water partition coefficient (Wildman–Crippen LogP) is 1.27. The number of amides is 1. The Morgan fingerprint density at radius 2 is 2.00 bits per heavy atom. The highest BCUT2D eigenvalue weighted by Gasteiger charge is 2.02. The zero-order chi connectivity index (χ0) is 13.5. The van der Waals surface area contributed by atoms with Crippen molar-refractivity contribution in [2.24, 2.45) is 0 Å². The van der Waals surface area contributed by atoms with E-state index in [1.807, 2.05) is 32.0 Å². The predicted molar refractivity (Wildman–Crippen MR) is 75.3 cm³/mol. The zero-order valence-corrected chi connectivity index (χ0v) is 11.5. The molecule has 0 aromatic heterocycles. The Kier molecular flexibility index (Phi) is 5.54. The zero-order valence-electron chi connectivity index (χ0n) is 10.7. The topological polar surface area (TPSA) is 62.4 Å². The second-order valence-electron chi connectivity index (χ2n) is 3.86. The van der Waals surface area contributed by atoms with Crippen molar-refractivity contribution in [2.45, 2.75) is 13.8 Å². The number of hydrogen-bond acceptors (Lipinski definition) is 3. The smallest absolute Gasteiger partial charge is 0.264 e. The number of aryl methyl sites for hydroxylation is 2. The standard InChI is InChI=1S/C12H17N3O2S/c1-8-4-5-10(6-9(8)2)13-12(18)15-14-11(16)7-17-3/h4-6H,7H2,1-3H3,(H,14,16)(H2,13,15,18). The Balaban J connectivity index is 2.44. The first-order valence-corrected chi connectivity index (χ1v) is 5.86. The van der Waals surface area contributed by atoms with Gasteiger partial charge in [-0.2, -0.15) is 0 Å². The molecular formula is C12H17N3O2S. The van der Waals surface area contributed by atoms with Crippen molar-refractivity contribution in [3.05, 3.63) is 29.3 Å². The number of anilines is 1. The maximum atomic E-state index is 11.1. The second kappa shape index (κ2) is 6.93. The van der Waals surface area contributed by atoms with Crippen LogP contribution in [0.3, 0.4) is 0 Å². The van der Waals surface area contributed by atoms with Crippen LogP contribution in [0.4, 0.5) is 5.69 Å². The number of rotatable bonds is 3. The largest absolute Gasteiger partial charge is 0.375 e. The van der Waals surface area contributed by atoms with Gasteiger partial charge in [-0.05, 0) is 49.3 Å². The van der Waals surface area contributed by atoms with Crippen molar-refractivity contribution < 1.29 is 9.53 Å². The summed E-state index contributed by atoms with van der Waals surface area (Å²) in [7, 11) is 1.45. The monoisotopic (exact) mass is 267 g/mol. The van der Waals surface area contributed by atoms with Crippen molar-refractivity contribution in [3.63, 3.8) is 0 Å². The summed E-state index contributed by atoms with van der Waals surface area (Å²) in [6.07, 6.45) is 0. The number of hydrazine groups is 1. The van der Waals surface area contributed by atoms with Crippen LogP contribution in [0.1, 0.15) is 11.1 Å². The third kappa shape index (κ3) is 4.68. The van der Waals surface area contributed by atoms with Gasteiger partial charge in [0.2, 0.25) is 0 Å². The average Bonchev–Trinajstić information content (AvgIpc) is 2.32. The molecule has 0 atom stereocenters. The molecule has 0 spiro atoms. The highest BCUT2D eigenvalue weighted by atomic mass is 32.1. The lowest BCUT2D eigenvalue weighted by Gasteiger charge is -2.12. The lowest BCUT2D eigenvalue weighted by molar-refractivity contribution is -0.125. The van der Waals surface area contributed by atoms with Gasteiger partial charge >= 0.3 is 0 Å². The van der Waals surface area contributed by atoms with Crippen LogP contribution < -0.4 is 16.2 Å². The summed E-state index contributed by atoms with van der Waals surface area (Å²) in [5, 5.41) is 3.29. The molecule has 1 aromatic carbocycles. The molecule has 0 aliphatic heterocycles. The molecule has 1 amide bonds. The molecule has 0 saturated carbocycles. The molecular weight excluding hydrogens is 250 g/mol. The van der Waals surface area contributed by atoms with E-state index in [0.29, 0.717) is 5.11 Å². The lowest BCUT2D eigenvalue weighted by Crippen LogP contribution is -2.45. The summed E-state index contributed by atoms with van der Waals surface area (Å²) < 4.78 is 4.67. The number of nitrogens with one attached hydrogen (secondary N) is 3. The van der Waals surface area contributed by atoms with Crippen molar-refractivity contribution in [3.8, 4) is 0 Å². The molecule has 0 aliphatic carbocycles. The summed E-state index contributed by atoms with van der Waals surface area (Å²) >= 11 is 5.04. The first-order chi connectivity index (χ1) is 8.52. The number of methoxy groups -OCH3 is 1. The van der Waals surface area contributed by atoms with Gasteiger partial charge in [0.1, 0.15) is 6.61 Å². The van der Waals surface area contributed by atoms with E-state index in [-0.39, 0.29) is 12.5 Å². The summed E-state index contributed by atoms with van der Waals surface area (Å²) in [6.45, 7) is 4.05. The van der Waals surface area contributed by atoms with Gasteiger partial charge in [-0.1, -0.05) is 6.07 Å². The Morgan fingerprint density at radius 1 is 1.28 bits per heavy atom. The molecule has 0 radical (unpaired) electrons. The van der Waals surface area contributed by atoms with Crippen LogP contribution >= 0.6 is 12.2 Å². The van der Waals surface area contributed by atoms with E-state index in [9.17, 15) is 4.79 Å². The van der Waals surface area contributed by atoms with Gasteiger partial charge < -0.3 is 10.1 Å². The summed E-state index contributed by atoms with van der Waals surface area (Å²) in [5.74, 6) is -0.290. The van der Waals surface area contributed by atoms with E-state index < -0.39 is 0 Å². The molecule has 3 N–H and O–H groups in total. The van der Waals surface area contributed by atoms with Crippen LogP contribution in [0, 0.1) is 13.8 Å². The minimum Gasteiger partial charge on any atom is -0.375 e. The van der Waals surface area contributed by atoms with Gasteiger partial charge in [0, 0.05) is 12.8 Å². The number of ether oxygens (including phenoxy) is 1. The minimum absolute atomic E-state index is 0.0146. The fraction of sp³-hybridized carbons (Fsp3) is 0.333. The molecule has 5 nitrogen and oxygen atoms in total. The van der Waals surface area contributed by atoms with E-state index in [1.165, 1.54) is 18.2 Å². The highest BCUT2D eigenvalue weighted by Crippen LogP contribution is 2.13. The first kappa shape index (κ1) is 14.4. The summed E-state index contributed by atoms with van der Waals surface area (Å²) in [5.41, 5.74) is 8.26. The normalized spacial score (nSPS) is 9.72. The number of thiocarbonyl (C=S) groups is 1. The van der Waals surface area contributed by atoms with Crippen molar-refractivity contribution in [1.82, 2.24) is 10.9 Å². The van der Waals surface area contributed by atoms with Crippen molar-refractivity contribution in [2.75, 3.05) is 19.0 Å². The van der Waals surface area contributed by atoms with E-state index in [4.69, 9.17) is 12.2 Å². The molecule has 0 heterocycles. The summed E-state index contributed by atoms with van der Waals surface area (Å²) in [6, 6.07) is 5.91. The van der Waals surface area contributed by atoms with Crippen LogP contribution in [0.2, 0.25) is 0 Å². The molecule has 1 rings (SSSR count). The average molecular weight is 267 g/mol. The lowest BCUT2D eigenvalue weighted by atomic mass is 10.1. The third-order valence-corrected chi connectivity index (χ3v) is 2.56. The van der Waals surface area contributed by atoms with Gasteiger partial charge in [0.25, 0.3) is 5.91 Å². The molecule has 0 bridgehead atoms. The van der Waals surface area contributed by atoms with E-state index >= 15 is 0 Å². The van der Waals surface area contributed by atoms with E-state index in [2.05, 4.69) is 20.9 Å². The fourth-order valence-electron chi connectivity index (χ4n) is 1.28. The first-order valence-electron chi connectivity index (χ1n) is 5.45.